The molecular formula is C17H22N4O3. The van der Waals surface area contributed by atoms with Gasteiger partial charge in [0.25, 0.3) is 5.91 Å². The molecule has 128 valence electrons. The number of benzene rings is 1. The molecule has 1 aromatic heterocycles. The van der Waals surface area contributed by atoms with Crippen LogP contribution in [0.1, 0.15) is 35.9 Å². The summed E-state index contributed by atoms with van der Waals surface area (Å²) in [5, 5.41) is 17.4. The molecule has 2 aromatic rings. The summed E-state index contributed by atoms with van der Waals surface area (Å²) >= 11 is 0. The Bertz CT molecular complexity index is 715. The van der Waals surface area contributed by atoms with E-state index in [1.54, 1.807) is 22.7 Å². The third kappa shape index (κ3) is 3.26. The van der Waals surface area contributed by atoms with Gasteiger partial charge in [-0.25, -0.2) is 4.68 Å². The van der Waals surface area contributed by atoms with Crippen molar-refractivity contribution < 1.29 is 14.6 Å². The third-order valence-corrected chi connectivity index (χ3v) is 4.29. The second-order valence-electron chi connectivity index (χ2n) is 6.26. The van der Waals surface area contributed by atoms with E-state index in [4.69, 9.17) is 4.74 Å². The van der Waals surface area contributed by atoms with Gasteiger partial charge >= 0.3 is 0 Å². The van der Waals surface area contributed by atoms with Gasteiger partial charge in [0.1, 0.15) is 11.4 Å². The number of aromatic nitrogens is 3. The number of nitrogens with zero attached hydrogens (tertiary/aromatic N) is 4. The Hall–Kier alpha value is -2.41. The highest BCUT2D eigenvalue weighted by atomic mass is 16.5. The fourth-order valence-electron chi connectivity index (χ4n) is 2.74. The molecule has 0 aliphatic carbocycles. The molecule has 7 nitrogen and oxygen atoms in total. The lowest BCUT2D eigenvalue weighted by Gasteiger charge is -2.38. The number of ether oxygens (including phenoxy) is 1. The Morgan fingerprint density at radius 1 is 1.38 bits per heavy atom. The van der Waals surface area contributed by atoms with Crippen LogP contribution in [0.25, 0.3) is 0 Å². The molecule has 0 unspecified atom stereocenters. The van der Waals surface area contributed by atoms with Crippen molar-refractivity contribution >= 4 is 5.91 Å². The van der Waals surface area contributed by atoms with Crippen LogP contribution in [-0.2, 0) is 4.79 Å². The summed E-state index contributed by atoms with van der Waals surface area (Å²) in [5.74, 6) is 0.741. The van der Waals surface area contributed by atoms with Gasteiger partial charge in [0.2, 0.25) is 0 Å². The molecule has 3 rings (SSSR count). The van der Waals surface area contributed by atoms with E-state index in [2.05, 4.69) is 10.3 Å². The minimum absolute atomic E-state index is 0.0364. The molecule has 0 spiro atoms. The fourth-order valence-corrected chi connectivity index (χ4v) is 2.74. The Morgan fingerprint density at radius 2 is 2.04 bits per heavy atom. The Kier molecular flexibility index (Phi) is 4.53. The average Bonchev–Trinajstić information content (AvgIpc) is 2.95. The molecule has 7 heteroatoms. The van der Waals surface area contributed by atoms with Crippen LogP contribution in [0.3, 0.4) is 0 Å². The number of carbonyl (C=O) groups is 1. The van der Waals surface area contributed by atoms with Crippen LogP contribution in [0.2, 0.25) is 0 Å². The van der Waals surface area contributed by atoms with Gasteiger partial charge in [0.05, 0.1) is 18.3 Å². The Balaban J connectivity index is 1.51. The molecule has 1 fully saturated rings. The zero-order valence-corrected chi connectivity index (χ0v) is 14.1. The van der Waals surface area contributed by atoms with Crippen LogP contribution in [-0.4, -0.2) is 50.6 Å². The number of rotatable bonds is 5. The van der Waals surface area contributed by atoms with Gasteiger partial charge in [-0.3, -0.25) is 4.79 Å². The Morgan fingerprint density at radius 3 is 2.62 bits per heavy atom. The van der Waals surface area contributed by atoms with E-state index in [-0.39, 0.29) is 18.6 Å². The Labute approximate surface area is 140 Å². The van der Waals surface area contributed by atoms with E-state index >= 15 is 0 Å². The maximum Gasteiger partial charge on any atom is 0.260 e. The highest BCUT2D eigenvalue weighted by Crippen LogP contribution is 2.24. The van der Waals surface area contributed by atoms with Gasteiger partial charge in [0, 0.05) is 13.1 Å². The second-order valence-corrected chi connectivity index (χ2v) is 6.26. The summed E-state index contributed by atoms with van der Waals surface area (Å²) in [6.45, 7) is 6.79. The van der Waals surface area contributed by atoms with Crippen LogP contribution in [0.4, 0.5) is 0 Å². The summed E-state index contributed by atoms with van der Waals surface area (Å²) in [5.41, 5.74) is 2.59. The first-order chi connectivity index (χ1) is 11.5. The van der Waals surface area contributed by atoms with Crippen molar-refractivity contribution in [3.63, 3.8) is 0 Å². The molecule has 1 atom stereocenters. The van der Waals surface area contributed by atoms with Crippen molar-refractivity contribution in [2.45, 2.75) is 32.9 Å². The number of aliphatic hydroxyl groups excluding tert-OH is 1. The molecule has 0 saturated carbocycles. The normalized spacial score (nSPS) is 15.9. The summed E-state index contributed by atoms with van der Waals surface area (Å²) in [4.78, 5) is 14.0. The first kappa shape index (κ1) is 16.4. The number of aliphatic hydroxyl groups is 1. The summed E-state index contributed by atoms with van der Waals surface area (Å²) in [6, 6.07) is 6.02. The standard InChI is InChI=1S/C17H22N4O3/c1-11-5-4-6-12(2)17(11)24-10-16(23)20-7-14(8-20)21-9-15(13(3)22)18-19-21/h4-6,9,13-14,22H,7-8,10H2,1-3H3/t13-/m1/s1. The predicted octanol–water partition coefficient (Wildman–Crippen LogP) is 1.41. The monoisotopic (exact) mass is 330 g/mol. The number of likely N-dealkylation sites (tertiary alicyclic amines) is 1. The van der Waals surface area contributed by atoms with Crippen LogP contribution < -0.4 is 4.74 Å². The number of hydrogen-bond acceptors (Lipinski definition) is 5. The van der Waals surface area contributed by atoms with E-state index in [1.165, 1.54) is 0 Å². The van der Waals surface area contributed by atoms with Crippen molar-refractivity contribution in [1.82, 2.24) is 19.9 Å². The van der Waals surface area contributed by atoms with Gasteiger partial charge < -0.3 is 14.7 Å². The van der Waals surface area contributed by atoms with Crippen molar-refractivity contribution in [1.29, 1.82) is 0 Å². The van der Waals surface area contributed by atoms with Crippen LogP contribution in [0.15, 0.2) is 24.4 Å². The van der Waals surface area contributed by atoms with Crippen molar-refractivity contribution in [3.05, 3.63) is 41.2 Å². The lowest BCUT2D eigenvalue weighted by atomic mass is 10.1. The minimum atomic E-state index is -0.637. The molecule has 0 radical (unpaired) electrons. The number of amides is 1. The molecular weight excluding hydrogens is 308 g/mol. The largest absolute Gasteiger partial charge is 0.483 e. The first-order valence-electron chi connectivity index (χ1n) is 8.02. The zero-order valence-electron chi connectivity index (χ0n) is 14.1. The molecule has 0 bridgehead atoms. The van der Waals surface area contributed by atoms with Gasteiger partial charge in [-0.05, 0) is 31.9 Å². The number of carbonyl (C=O) groups excluding carboxylic acids is 1. The number of hydrogen-bond donors (Lipinski definition) is 1. The molecule has 1 N–H and O–H groups in total. The maximum absolute atomic E-state index is 12.2. The molecule has 1 aliphatic heterocycles. The lowest BCUT2D eigenvalue weighted by Crippen LogP contribution is -2.52. The molecule has 1 amide bonds. The average molecular weight is 330 g/mol. The smallest absolute Gasteiger partial charge is 0.260 e. The minimum Gasteiger partial charge on any atom is -0.483 e. The van der Waals surface area contributed by atoms with Gasteiger partial charge in [-0.15, -0.1) is 5.10 Å². The zero-order chi connectivity index (χ0) is 17.3. The maximum atomic E-state index is 12.2. The highest BCUT2D eigenvalue weighted by Gasteiger charge is 2.33. The van der Waals surface area contributed by atoms with E-state index in [0.29, 0.717) is 18.8 Å². The molecule has 1 aromatic carbocycles. The van der Waals surface area contributed by atoms with Gasteiger partial charge in [0.15, 0.2) is 6.61 Å². The summed E-state index contributed by atoms with van der Waals surface area (Å²) in [7, 11) is 0. The predicted molar refractivity (Wildman–Crippen MR) is 87.7 cm³/mol. The van der Waals surface area contributed by atoms with E-state index in [1.807, 2.05) is 32.0 Å². The SMILES string of the molecule is Cc1cccc(C)c1OCC(=O)N1CC(n2cc([C@@H](C)O)nn2)C1. The highest BCUT2D eigenvalue weighted by molar-refractivity contribution is 5.78. The fraction of sp³-hybridized carbons (Fsp3) is 0.471. The number of para-hydroxylation sites is 1. The van der Waals surface area contributed by atoms with Crippen LogP contribution in [0.5, 0.6) is 5.75 Å². The van der Waals surface area contributed by atoms with Gasteiger partial charge in [-0.1, -0.05) is 23.4 Å². The summed E-state index contributed by atoms with van der Waals surface area (Å²) in [6.07, 6.45) is 1.09. The summed E-state index contributed by atoms with van der Waals surface area (Å²) < 4.78 is 7.41. The van der Waals surface area contributed by atoms with Crippen molar-refractivity contribution in [3.8, 4) is 5.75 Å². The van der Waals surface area contributed by atoms with E-state index in [0.717, 1.165) is 16.9 Å². The second kappa shape index (κ2) is 6.60. The van der Waals surface area contributed by atoms with E-state index < -0.39 is 6.10 Å². The topological polar surface area (TPSA) is 80.5 Å². The first-order valence-corrected chi connectivity index (χ1v) is 8.02. The van der Waals surface area contributed by atoms with Crippen LogP contribution in [0, 0.1) is 13.8 Å². The number of aryl methyl sites for hydroxylation is 2. The van der Waals surface area contributed by atoms with Crippen molar-refractivity contribution in [2.24, 2.45) is 0 Å². The van der Waals surface area contributed by atoms with Gasteiger partial charge in [-0.2, -0.15) is 0 Å². The van der Waals surface area contributed by atoms with E-state index in [9.17, 15) is 9.90 Å². The third-order valence-electron chi connectivity index (χ3n) is 4.29. The molecule has 1 aliphatic rings. The van der Waals surface area contributed by atoms with Crippen LogP contribution >= 0.6 is 0 Å². The van der Waals surface area contributed by atoms with Crippen molar-refractivity contribution in [2.75, 3.05) is 19.7 Å². The lowest BCUT2D eigenvalue weighted by molar-refractivity contribution is -0.139. The molecule has 2 heterocycles. The molecule has 1 saturated heterocycles. The quantitative estimate of drug-likeness (QED) is 0.896. The molecule has 24 heavy (non-hydrogen) atoms.